The van der Waals surface area contributed by atoms with E-state index >= 15 is 0 Å². The summed E-state index contributed by atoms with van der Waals surface area (Å²) in [6.07, 6.45) is 1.48. The fourth-order valence-electron chi connectivity index (χ4n) is 2.32. The molecule has 3 N–H and O–H groups in total. The van der Waals surface area contributed by atoms with Crippen LogP contribution in [0.1, 0.15) is 31.5 Å². The Labute approximate surface area is 145 Å². The van der Waals surface area contributed by atoms with E-state index < -0.39 is 0 Å². The summed E-state index contributed by atoms with van der Waals surface area (Å²) >= 11 is 0. The van der Waals surface area contributed by atoms with Crippen LogP contribution in [0.3, 0.4) is 0 Å². The van der Waals surface area contributed by atoms with Gasteiger partial charge in [-0.1, -0.05) is 6.07 Å². The van der Waals surface area contributed by atoms with E-state index in [0.717, 1.165) is 23.1 Å². The van der Waals surface area contributed by atoms with E-state index in [9.17, 15) is 9.59 Å². The molecule has 8 heteroatoms. The van der Waals surface area contributed by atoms with Gasteiger partial charge in [0.25, 0.3) is 5.95 Å². The molecule has 0 atom stereocenters. The number of guanidine groups is 1. The first-order valence-electron chi connectivity index (χ1n) is 7.91. The zero-order valence-corrected chi connectivity index (χ0v) is 14.5. The third-order valence-corrected chi connectivity index (χ3v) is 3.36. The minimum Gasteiger partial charge on any atom is -0.396 e. The van der Waals surface area contributed by atoms with Crippen LogP contribution in [0.5, 0.6) is 0 Å². The Balaban J connectivity index is 2.39. The zero-order valence-electron chi connectivity index (χ0n) is 14.5. The summed E-state index contributed by atoms with van der Waals surface area (Å²) in [5.41, 5.74) is 2.55. The number of aliphatic imine (C=N–C) groups is 1. The Hall–Kier alpha value is -2.87. The Morgan fingerprint density at radius 3 is 2.44 bits per heavy atom. The number of rotatable bonds is 4. The maximum absolute atomic E-state index is 11.2. The highest BCUT2D eigenvalue weighted by molar-refractivity contribution is 6.04. The van der Waals surface area contributed by atoms with Crippen molar-refractivity contribution in [2.24, 2.45) is 4.99 Å². The third-order valence-electron chi connectivity index (χ3n) is 3.36. The van der Waals surface area contributed by atoms with E-state index in [2.05, 4.69) is 25.6 Å². The van der Waals surface area contributed by atoms with Crippen molar-refractivity contribution in [2.75, 3.05) is 6.61 Å². The molecule has 25 heavy (non-hydrogen) atoms. The minimum atomic E-state index is -0.362. The van der Waals surface area contributed by atoms with Crippen molar-refractivity contribution in [3.8, 4) is 0 Å². The zero-order chi connectivity index (χ0) is 18.4. The van der Waals surface area contributed by atoms with Gasteiger partial charge in [0.15, 0.2) is 0 Å². The second-order valence-corrected chi connectivity index (χ2v) is 5.61. The molecule has 0 fully saturated rings. The van der Waals surface area contributed by atoms with Crippen molar-refractivity contribution >= 4 is 34.6 Å². The molecule has 2 rings (SSSR count). The molecule has 8 nitrogen and oxygen atoms in total. The van der Waals surface area contributed by atoms with Crippen LogP contribution in [-0.2, 0) is 16.0 Å². The SMILES string of the molecule is CC(=O)NC(=Nc1nc(C)c2cc(CCCO)ccc2n1)NC(C)=O. The van der Waals surface area contributed by atoms with Gasteiger partial charge in [-0.3, -0.25) is 20.2 Å². The van der Waals surface area contributed by atoms with Gasteiger partial charge in [-0.15, -0.1) is 0 Å². The number of hydrogen-bond donors (Lipinski definition) is 3. The average Bonchev–Trinajstić information content (AvgIpc) is 2.52. The molecule has 2 amide bonds. The Morgan fingerprint density at radius 2 is 1.84 bits per heavy atom. The van der Waals surface area contributed by atoms with Gasteiger partial charge >= 0.3 is 0 Å². The molecule has 0 aliphatic carbocycles. The van der Waals surface area contributed by atoms with Gasteiger partial charge in [0.2, 0.25) is 17.8 Å². The standard InChI is InChI=1S/C17H21N5O3/c1-10-14-9-13(5-4-8-23)6-7-15(14)21-16(18-10)22-17(19-11(2)24)20-12(3)25/h6-7,9,23H,4-5,8H2,1-3H3,(H2,18,19,20,21,22,24,25). The highest BCUT2D eigenvalue weighted by Crippen LogP contribution is 2.20. The summed E-state index contributed by atoms with van der Waals surface area (Å²) in [5.74, 6) is -0.596. The molecule has 0 aliphatic heterocycles. The summed E-state index contributed by atoms with van der Waals surface area (Å²) in [7, 11) is 0. The lowest BCUT2D eigenvalue weighted by molar-refractivity contribution is -0.117. The number of aromatic nitrogens is 2. The van der Waals surface area contributed by atoms with E-state index in [0.29, 0.717) is 11.9 Å². The lowest BCUT2D eigenvalue weighted by atomic mass is 10.1. The van der Waals surface area contributed by atoms with Crippen LogP contribution in [0.2, 0.25) is 0 Å². The minimum absolute atomic E-state index is 0.0154. The molecule has 0 saturated carbocycles. The van der Waals surface area contributed by atoms with Crippen molar-refractivity contribution in [1.82, 2.24) is 20.6 Å². The molecule has 0 unspecified atom stereocenters. The number of carbonyl (C=O) groups excluding carboxylic acids is 2. The first-order chi connectivity index (χ1) is 11.9. The number of fused-ring (bicyclic) bond motifs is 1. The topological polar surface area (TPSA) is 117 Å². The van der Waals surface area contributed by atoms with E-state index in [1.165, 1.54) is 13.8 Å². The van der Waals surface area contributed by atoms with Crippen molar-refractivity contribution in [2.45, 2.75) is 33.6 Å². The van der Waals surface area contributed by atoms with Crippen molar-refractivity contribution in [1.29, 1.82) is 0 Å². The van der Waals surface area contributed by atoms with Crippen molar-refractivity contribution in [3.05, 3.63) is 29.5 Å². The fourth-order valence-corrected chi connectivity index (χ4v) is 2.32. The van der Waals surface area contributed by atoms with E-state index in [1.807, 2.05) is 25.1 Å². The molecular weight excluding hydrogens is 322 g/mol. The summed E-state index contributed by atoms with van der Waals surface area (Å²) in [4.78, 5) is 35.3. The van der Waals surface area contributed by atoms with Crippen LogP contribution in [0.25, 0.3) is 10.9 Å². The number of carbonyl (C=O) groups is 2. The van der Waals surface area contributed by atoms with E-state index in [1.54, 1.807) is 0 Å². The van der Waals surface area contributed by atoms with Gasteiger partial charge in [0, 0.05) is 25.8 Å². The van der Waals surface area contributed by atoms with Crippen LogP contribution in [-0.4, -0.2) is 39.5 Å². The van der Waals surface area contributed by atoms with Gasteiger partial charge < -0.3 is 5.11 Å². The van der Waals surface area contributed by atoms with Crippen LogP contribution >= 0.6 is 0 Å². The number of aryl methyl sites for hydroxylation is 2. The average molecular weight is 343 g/mol. The van der Waals surface area contributed by atoms with Crippen LogP contribution in [0, 0.1) is 6.92 Å². The second kappa shape index (κ2) is 8.29. The number of aliphatic hydroxyl groups is 1. The molecule has 1 aromatic heterocycles. The predicted octanol–water partition coefficient (Wildman–Crippen LogP) is 1.12. The first-order valence-corrected chi connectivity index (χ1v) is 7.91. The molecular formula is C17H21N5O3. The normalized spacial score (nSPS) is 10.4. The van der Waals surface area contributed by atoms with Gasteiger partial charge in [-0.25, -0.2) is 9.97 Å². The summed E-state index contributed by atoms with van der Waals surface area (Å²) in [5, 5.41) is 14.7. The molecule has 1 aromatic carbocycles. The Morgan fingerprint density at radius 1 is 1.16 bits per heavy atom. The maximum Gasteiger partial charge on any atom is 0.253 e. The van der Waals surface area contributed by atoms with Gasteiger partial charge in [-0.2, -0.15) is 4.99 Å². The summed E-state index contributed by atoms with van der Waals surface area (Å²) < 4.78 is 0. The van der Waals surface area contributed by atoms with Crippen molar-refractivity contribution in [3.63, 3.8) is 0 Å². The van der Waals surface area contributed by atoms with E-state index in [4.69, 9.17) is 5.11 Å². The highest BCUT2D eigenvalue weighted by Gasteiger charge is 2.09. The molecule has 0 bridgehead atoms. The lowest BCUT2D eigenvalue weighted by Crippen LogP contribution is -2.41. The highest BCUT2D eigenvalue weighted by atomic mass is 16.3. The lowest BCUT2D eigenvalue weighted by Gasteiger charge is -2.08. The Bertz CT molecular complexity index is 814. The number of amides is 2. The first kappa shape index (κ1) is 18.5. The number of benzene rings is 1. The van der Waals surface area contributed by atoms with Crippen molar-refractivity contribution < 1.29 is 14.7 Å². The smallest absolute Gasteiger partial charge is 0.253 e. The summed E-state index contributed by atoms with van der Waals surface area (Å²) in [6.45, 7) is 4.63. The molecule has 0 radical (unpaired) electrons. The quantitative estimate of drug-likeness (QED) is 0.568. The monoisotopic (exact) mass is 343 g/mol. The molecule has 132 valence electrons. The molecule has 1 heterocycles. The predicted molar refractivity (Wildman–Crippen MR) is 94.4 cm³/mol. The Kier molecular flexibility index (Phi) is 6.13. The molecule has 0 aliphatic rings. The van der Waals surface area contributed by atoms with Crippen LogP contribution < -0.4 is 10.6 Å². The summed E-state index contributed by atoms with van der Waals surface area (Å²) in [6, 6.07) is 5.81. The second-order valence-electron chi connectivity index (χ2n) is 5.61. The number of aliphatic hydroxyl groups excluding tert-OH is 1. The van der Waals surface area contributed by atoms with Gasteiger partial charge in [0.1, 0.15) is 0 Å². The van der Waals surface area contributed by atoms with Gasteiger partial charge in [-0.05, 0) is 37.5 Å². The largest absolute Gasteiger partial charge is 0.396 e. The fraction of sp³-hybridized carbons (Fsp3) is 0.353. The van der Waals surface area contributed by atoms with Crippen LogP contribution in [0.4, 0.5) is 5.95 Å². The number of hydrogen-bond acceptors (Lipinski definition) is 6. The maximum atomic E-state index is 11.2. The molecule has 0 saturated heterocycles. The molecule has 2 aromatic rings. The third kappa shape index (κ3) is 5.32. The number of nitrogens with one attached hydrogen (secondary N) is 2. The molecule has 0 spiro atoms. The van der Waals surface area contributed by atoms with Crippen LogP contribution in [0.15, 0.2) is 23.2 Å². The van der Waals surface area contributed by atoms with E-state index in [-0.39, 0.29) is 30.3 Å². The number of nitrogens with zero attached hydrogens (tertiary/aromatic N) is 3. The van der Waals surface area contributed by atoms with Gasteiger partial charge in [0.05, 0.1) is 11.2 Å².